The summed E-state index contributed by atoms with van der Waals surface area (Å²) in [6.45, 7) is 0. The molecule has 3 rings (SSSR count). The van der Waals surface area contributed by atoms with Crippen molar-refractivity contribution in [1.29, 1.82) is 0 Å². The maximum Gasteiger partial charge on any atom is 0.169 e. The van der Waals surface area contributed by atoms with E-state index < -0.39 is 0 Å². The van der Waals surface area contributed by atoms with Crippen LogP contribution in [0.1, 0.15) is 0 Å². The molecule has 3 aromatic rings. The molecule has 0 fully saturated rings. The lowest BCUT2D eigenvalue weighted by atomic mass is 10.3. The van der Waals surface area contributed by atoms with Crippen LogP contribution < -0.4 is 9.47 Å². The van der Waals surface area contributed by atoms with Gasteiger partial charge in [0, 0.05) is 7.14 Å². The Kier molecular flexibility index (Phi) is 5.20. The Balaban J connectivity index is 1.86. The van der Waals surface area contributed by atoms with E-state index in [-0.39, 0.29) is 0 Å². The SMILES string of the molecule is Ic1cccc(Oc2ccccc2Oc2cccc(I)c2)c1. The summed E-state index contributed by atoms with van der Waals surface area (Å²) in [5.74, 6) is 2.99. The van der Waals surface area contributed by atoms with Gasteiger partial charge in [-0.2, -0.15) is 0 Å². The minimum atomic E-state index is 0.698. The van der Waals surface area contributed by atoms with Gasteiger partial charge in [-0.1, -0.05) is 24.3 Å². The Bertz CT molecular complexity index is 721. The topological polar surface area (TPSA) is 18.5 Å². The van der Waals surface area contributed by atoms with E-state index in [1.54, 1.807) is 0 Å². The highest BCUT2D eigenvalue weighted by atomic mass is 127. The van der Waals surface area contributed by atoms with Crippen molar-refractivity contribution in [2.45, 2.75) is 0 Å². The summed E-state index contributed by atoms with van der Waals surface area (Å²) in [7, 11) is 0. The first-order valence-electron chi connectivity index (χ1n) is 6.66. The minimum absolute atomic E-state index is 0.698. The van der Waals surface area contributed by atoms with Crippen LogP contribution in [0, 0.1) is 7.14 Å². The van der Waals surface area contributed by atoms with Gasteiger partial charge in [0.15, 0.2) is 11.5 Å². The van der Waals surface area contributed by atoms with Crippen molar-refractivity contribution in [3.05, 3.63) is 79.9 Å². The van der Waals surface area contributed by atoms with Gasteiger partial charge in [0.25, 0.3) is 0 Å². The molecular weight excluding hydrogens is 502 g/mol. The zero-order valence-electron chi connectivity index (χ0n) is 11.5. The van der Waals surface area contributed by atoms with E-state index in [0.717, 1.165) is 18.6 Å². The molecule has 0 saturated heterocycles. The molecule has 2 nitrogen and oxygen atoms in total. The minimum Gasteiger partial charge on any atom is -0.453 e. The summed E-state index contributed by atoms with van der Waals surface area (Å²) in [5.41, 5.74) is 0. The largest absolute Gasteiger partial charge is 0.453 e. The van der Waals surface area contributed by atoms with Gasteiger partial charge in [0.05, 0.1) is 0 Å². The van der Waals surface area contributed by atoms with Crippen LogP contribution in [-0.2, 0) is 0 Å². The van der Waals surface area contributed by atoms with Gasteiger partial charge in [-0.15, -0.1) is 0 Å². The molecule has 0 unspecified atom stereocenters. The summed E-state index contributed by atoms with van der Waals surface area (Å²) in [5, 5.41) is 0. The van der Waals surface area contributed by atoms with Crippen molar-refractivity contribution in [3.8, 4) is 23.0 Å². The van der Waals surface area contributed by atoms with E-state index in [4.69, 9.17) is 9.47 Å². The van der Waals surface area contributed by atoms with Gasteiger partial charge in [-0.05, 0) is 93.7 Å². The maximum absolute atomic E-state index is 5.96. The van der Waals surface area contributed by atoms with Crippen molar-refractivity contribution in [2.75, 3.05) is 0 Å². The van der Waals surface area contributed by atoms with Crippen molar-refractivity contribution in [2.24, 2.45) is 0 Å². The lowest BCUT2D eigenvalue weighted by Crippen LogP contribution is -1.90. The highest BCUT2D eigenvalue weighted by Crippen LogP contribution is 2.35. The first-order chi connectivity index (χ1) is 10.7. The molecule has 0 spiro atoms. The molecule has 0 atom stereocenters. The van der Waals surface area contributed by atoms with Crippen molar-refractivity contribution >= 4 is 45.2 Å². The Morgan fingerprint density at radius 1 is 0.545 bits per heavy atom. The fourth-order valence-electron chi connectivity index (χ4n) is 1.93. The normalized spacial score (nSPS) is 10.3. The van der Waals surface area contributed by atoms with E-state index in [1.165, 1.54) is 0 Å². The monoisotopic (exact) mass is 514 g/mol. The Hall–Kier alpha value is -1.28. The Morgan fingerprint density at radius 2 is 1.00 bits per heavy atom. The second-order valence-corrected chi connectivity index (χ2v) is 7.06. The predicted octanol–water partition coefficient (Wildman–Crippen LogP) is 6.48. The molecular formula is C18H12I2O2. The van der Waals surface area contributed by atoms with Crippen molar-refractivity contribution in [1.82, 2.24) is 0 Å². The Morgan fingerprint density at radius 3 is 1.41 bits per heavy atom. The number of rotatable bonds is 4. The zero-order chi connectivity index (χ0) is 15.4. The molecule has 0 aliphatic rings. The van der Waals surface area contributed by atoms with Crippen LogP contribution >= 0.6 is 45.2 Å². The number of ether oxygens (including phenoxy) is 2. The van der Waals surface area contributed by atoms with Crippen LogP contribution in [-0.4, -0.2) is 0 Å². The first-order valence-corrected chi connectivity index (χ1v) is 8.82. The van der Waals surface area contributed by atoms with Crippen LogP contribution in [0.5, 0.6) is 23.0 Å². The van der Waals surface area contributed by atoms with E-state index in [0.29, 0.717) is 11.5 Å². The average Bonchev–Trinajstić information content (AvgIpc) is 2.49. The molecule has 0 aliphatic heterocycles. The predicted molar refractivity (Wildman–Crippen MR) is 105 cm³/mol. The molecule has 0 saturated carbocycles. The van der Waals surface area contributed by atoms with Crippen LogP contribution in [0.3, 0.4) is 0 Å². The van der Waals surface area contributed by atoms with Gasteiger partial charge < -0.3 is 9.47 Å². The van der Waals surface area contributed by atoms with Gasteiger partial charge in [-0.3, -0.25) is 0 Å². The fraction of sp³-hybridized carbons (Fsp3) is 0. The molecule has 0 amide bonds. The van der Waals surface area contributed by atoms with Crippen molar-refractivity contribution in [3.63, 3.8) is 0 Å². The molecule has 4 heteroatoms. The quantitative estimate of drug-likeness (QED) is 0.372. The highest BCUT2D eigenvalue weighted by Gasteiger charge is 2.07. The zero-order valence-corrected chi connectivity index (χ0v) is 15.8. The summed E-state index contributed by atoms with van der Waals surface area (Å²) in [6, 6.07) is 23.5. The van der Waals surface area contributed by atoms with E-state index in [2.05, 4.69) is 45.2 Å². The summed E-state index contributed by atoms with van der Waals surface area (Å²) in [4.78, 5) is 0. The molecule has 0 aliphatic carbocycles. The number of halogens is 2. The molecule has 3 aromatic carbocycles. The highest BCUT2D eigenvalue weighted by molar-refractivity contribution is 14.1. The summed E-state index contributed by atoms with van der Waals surface area (Å²) < 4.78 is 14.2. The van der Waals surface area contributed by atoms with Gasteiger partial charge >= 0.3 is 0 Å². The number of hydrogen-bond acceptors (Lipinski definition) is 2. The van der Waals surface area contributed by atoms with E-state index >= 15 is 0 Å². The second kappa shape index (κ2) is 7.32. The van der Waals surface area contributed by atoms with E-state index in [1.807, 2.05) is 72.8 Å². The van der Waals surface area contributed by atoms with Crippen LogP contribution in [0.4, 0.5) is 0 Å². The third-order valence-corrected chi connectivity index (χ3v) is 4.24. The summed E-state index contributed by atoms with van der Waals surface area (Å²) >= 11 is 4.53. The van der Waals surface area contributed by atoms with Gasteiger partial charge in [0.2, 0.25) is 0 Å². The van der Waals surface area contributed by atoms with Crippen LogP contribution in [0.15, 0.2) is 72.8 Å². The number of para-hydroxylation sites is 2. The number of benzene rings is 3. The molecule has 110 valence electrons. The fourth-order valence-corrected chi connectivity index (χ4v) is 2.96. The molecule has 0 N–H and O–H groups in total. The standard InChI is InChI=1S/C18H12I2O2/c19-13-5-3-7-15(11-13)21-17-9-1-2-10-18(17)22-16-8-4-6-14(20)12-16/h1-12H. The number of hydrogen-bond donors (Lipinski definition) is 0. The van der Waals surface area contributed by atoms with Crippen LogP contribution in [0.25, 0.3) is 0 Å². The van der Waals surface area contributed by atoms with Gasteiger partial charge in [0.1, 0.15) is 11.5 Å². The first kappa shape index (κ1) is 15.6. The van der Waals surface area contributed by atoms with E-state index in [9.17, 15) is 0 Å². The smallest absolute Gasteiger partial charge is 0.169 e. The second-order valence-electron chi connectivity index (χ2n) is 4.57. The summed E-state index contributed by atoms with van der Waals surface area (Å²) in [6.07, 6.45) is 0. The average molecular weight is 514 g/mol. The third kappa shape index (κ3) is 4.13. The van der Waals surface area contributed by atoms with Crippen LogP contribution in [0.2, 0.25) is 0 Å². The molecule has 0 bridgehead atoms. The third-order valence-electron chi connectivity index (χ3n) is 2.90. The maximum atomic E-state index is 5.96. The lowest BCUT2D eigenvalue weighted by Gasteiger charge is -2.12. The lowest BCUT2D eigenvalue weighted by molar-refractivity contribution is 0.418. The molecule has 0 radical (unpaired) electrons. The Labute approximate surface area is 156 Å². The van der Waals surface area contributed by atoms with Gasteiger partial charge in [-0.25, -0.2) is 0 Å². The molecule has 0 aromatic heterocycles. The van der Waals surface area contributed by atoms with Crippen molar-refractivity contribution < 1.29 is 9.47 Å². The molecule has 22 heavy (non-hydrogen) atoms. The molecule has 0 heterocycles.